The monoisotopic (exact) mass is 248 g/mol. The van der Waals surface area contributed by atoms with Gasteiger partial charge in [-0.2, -0.15) is 10.4 Å². The smallest absolute Gasteiger partial charge is 0.258 e. The topological polar surface area (TPSA) is 84.8 Å². The zero-order valence-electron chi connectivity index (χ0n) is 8.37. The van der Waals surface area contributed by atoms with E-state index in [0.29, 0.717) is 5.69 Å². The molecule has 7 heteroatoms. The van der Waals surface area contributed by atoms with Crippen molar-refractivity contribution in [2.75, 3.05) is 0 Å². The van der Waals surface area contributed by atoms with Gasteiger partial charge in [0.25, 0.3) is 5.69 Å². The Kier molecular flexibility index (Phi) is 2.77. The normalized spacial score (nSPS) is 9.88. The van der Waals surface area contributed by atoms with Crippen LogP contribution in [0.5, 0.6) is 0 Å². The molecule has 1 aromatic heterocycles. The highest BCUT2D eigenvalue weighted by Crippen LogP contribution is 2.21. The minimum atomic E-state index is -0.491. The van der Waals surface area contributed by atoms with Crippen molar-refractivity contribution in [2.45, 2.75) is 0 Å². The molecule has 1 aromatic carbocycles. The first kappa shape index (κ1) is 11.1. The van der Waals surface area contributed by atoms with Crippen LogP contribution in [0, 0.1) is 21.4 Å². The van der Waals surface area contributed by atoms with E-state index in [0.717, 1.165) is 0 Å². The van der Waals surface area contributed by atoms with Gasteiger partial charge in [0.1, 0.15) is 11.6 Å². The van der Waals surface area contributed by atoms with Crippen LogP contribution < -0.4 is 0 Å². The van der Waals surface area contributed by atoms with Crippen molar-refractivity contribution >= 4 is 17.3 Å². The molecule has 0 unspecified atom stereocenters. The van der Waals surface area contributed by atoms with Crippen molar-refractivity contribution in [1.29, 1.82) is 5.26 Å². The minimum absolute atomic E-state index is 0.0162. The number of non-ortho nitro benzene ring substituents is 1. The van der Waals surface area contributed by atoms with Crippen molar-refractivity contribution in [3.05, 3.63) is 51.3 Å². The molecule has 6 nitrogen and oxygen atoms in total. The Morgan fingerprint density at radius 2 is 2.06 bits per heavy atom. The highest BCUT2D eigenvalue weighted by atomic mass is 35.5. The van der Waals surface area contributed by atoms with Crippen LogP contribution in [0.1, 0.15) is 5.56 Å². The summed E-state index contributed by atoms with van der Waals surface area (Å²) < 4.78 is 1.34. The molecule has 84 valence electrons. The molecule has 0 saturated heterocycles. The van der Waals surface area contributed by atoms with Gasteiger partial charge in [-0.3, -0.25) is 10.1 Å². The Hall–Kier alpha value is -2.39. The molecule has 0 aliphatic heterocycles. The van der Waals surface area contributed by atoms with Crippen molar-refractivity contribution in [3.63, 3.8) is 0 Å². The van der Waals surface area contributed by atoms with Crippen LogP contribution in [0.4, 0.5) is 5.69 Å². The third-order valence-corrected chi connectivity index (χ3v) is 2.50. The van der Waals surface area contributed by atoms with Crippen LogP contribution in [0.15, 0.2) is 30.5 Å². The van der Waals surface area contributed by atoms with E-state index in [2.05, 4.69) is 5.10 Å². The summed E-state index contributed by atoms with van der Waals surface area (Å²) in [4.78, 5) is 9.99. The molecule has 0 fully saturated rings. The van der Waals surface area contributed by atoms with Gasteiger partial charge < -0.3 is 0 Å². The van der Waals surface area contributed by atoms with Gasteiger partial charge in [-0.1, -0.05) is 11.6 Å². The fourth-order valence-corrected chi connectivity index (χ4v) is 1.54. The van der Waals surface area contributed by atoms with E-state index in [9.17, 15) is 10.1 Å². The molecule has 0 radical (unpaired) electrons. The molecule has 1 heterocycles. The predicted molar refractivity (Wildman–Crippen MR) is 59.9 cm³/mol. The van der Waals surface area contributed by atoms with Crippen LogP contribution in [0.3, 0.4) is 0 Å². The number of hydrogen-bond donors (Lipinski definition) is 0. The maximum absolute atomic E-state index is 10.5. The summed E-state index contributed by atoms with van der Waals surface area (Å²) in [6.07, 6.45) is 1.34. The first-order valence-corrected chi connectivity index (χ1v) is 4.89. The zero-order chi connectivity index (χ0) is 12.4. The van der Waals surface area contributed by atoms with Gasteiger partial charge in [-0.25, -0.2) is 4.68 Å². The molecule has 0 spiro atoms. The van der Waals surface area contributed by atoms with Crippen molar-refractivity contribution in [2.24, 2.45) is 0 Å². The van der Waals surface area contributed by atoms with Gasteiger partial charge in [-0.05, 0) is 12.1 Å². The Labute approximate surface area is 101 Å². The van der Waals surface area contributed by atoms with Crippen molar-refractivity contribution in [1.82, 2.24) is 9.78 Å². The molecule has 0 bridgehead atoms. The second-order valence-corrected chi connectivity index (χ2v) is 3.50. The summed E-state index contributed by atoms with van der Waals surface area (Å²) >= 11 is 5.91. The third-order valence-electron chi connectivity index (χ3n) is 2.14. The fraction of sp³-hybridized carbons (Fsp3) is 0. The predicted octanol–water partition coefficient (Wildman–Crippen LogP) is 2.31. The summed E-state index contributed by atoms with van der Waals surface area (Å²) in [7, 11) is 0. The number of nitriles is 1. The first-order valence-electron chi connectivity index (χ1n) is 4.52. The van der Waals surface area contributed by atoms with E-state index in [1.165, 1.54) is 35.1 Å². The number of nitro benzene ring substituents is 1. The Balaban J connectivity index is 2.44. The Morgan fingerprint density at radius 3 is 2.53 bits per heavy atom. The van der Waals surface area contributed by atoms with Gasteiger partial charge in [0, 0.05) is 12.1 Å². The lowest BCUT2D eigenvalue weighted by Gasteiger charge is -2.01. The minimum Gasteiger partial charge on any atom is -0.258 e. The van der Waals surface area contributed by atoms with E-state index < -0.39 is 4.92 Å². The average Bonchev–Trinajstić information content (AvgIpc) is 2.70. The third kappa shape index (κ3) is 1.96. The molecule has 17 heavy (non-hydrogen) atoms. The highest BCUT2D eigenvalue weighted by Gasteiger charge is 2.11. The lowest BCUT2D eigenvalue weighted by atomic mass is 10.3. The molecular weight excluding hydrogens is 244 g/mol. The second kappa shape index (κ2) is 4.23. The molecule has 0 aliphatic carbocycles. The maximum atomic E-state index is 10.5. The summed E-state index contributed by atoms with van der Waals surface area (Å²) in [6.45, 7) is 0. The Bertz CT molecular complexity index is 612. The van der Waals surface area contributed by atoms with E-state index in [-0.39, 0.29) is 16.4 Å². The number of aromatic nitrogens is 2. The molecule has 0 N–H and O–H groups in total. The lowest BCUT2D eigenvalue weighted by Crippen LogP contribution is -1.96. The van der Waals surface area contributed by atoms with Gasteiger partial charge in [0.05, 0.1) is 16.8 Å². The molecule has 0 amide bonds. The van der Waals surface area contributed by atoms with E-state index in [4.69, 9.17) is 16.9 Å². The van der Waals surface area contributed by atoms with Gasteiger partial charge >= 0.3 is 0 Å². The summed E-state index contributed by atoms with van der Waals surface area (Å²) in [5, 5.41) is 23.3. The van der Waals surface area contributed by atoms with Crippen molar-refractivity contribution < 1.29 is 4.92 Å². The standard InChI is InChI=1S/C10H5ClN4O2/c11-10-7(5-12)6-13-14(10)8-1-3-9(4-2-8)15(16)17/h1-4,6H. The summed E-state index contributed by atoms with van der Waals surface area (Å²) in [5.41, 5.74) is 0.796. The van der Waals surface area contributed by atoms with Crippen LogP contribution in [0.25, 0.3) is 5.69 Å². The second-order valence-electron chi connectivity index (χ2n) is 3.15. The number of nitrogens with zero attached hydrogens (tertiary/aromatic N) is 4. The average molecular weight is 249 g/mol. The largest absolute Gasteiger partial charge is 0.269 e. The Morgan fingerprint density at radius 1 is 1.41 bits per heavy atom. The van der Waals surface area contributed by atoms with Gasteiger partial charge in [0.2, 0.25) is 0 Å². The van der Waals surface area contributed by atoms with E-state index >= 15 is 0 Å². The van der Waals surface area contributed by atoms with Crippen molar-refractivity contribution in [3.8, 4) is 11.8 Å². The number of halogens is 1. The van der Waals surface area contributed by atoms with Crippen LogP contribution in [-0.2, 0) is 0 Å². The van der Waals surface area contributed by atoms with Gasteiger partial charge in [0.15, 0.2) is 5.15 Å². The SMILES string of the molecule is N#Cc1cnn(-c2ccc([N+](=O)[O-])cc2)c1Cl. The number of nitro groups is 1. The molecule has 0 atom stereocenters. The molecule has 0 saturated carbocycles. The summed E-state index contributed by atoms with van der Waals surface area (Å²) in [5.74, 6) is 0. The number of benzene rings is 1. The first-order chi connectivity index (χ1) is 8.13. The van der Waals surface area contributed by atoms with Crippen LogP contribution in [-0.4, -0.2) is 14.7 Å². The number of rotatable bonds is 2. The molecule has 0 aliphatic rings. The highest BCUT2D eigenvalue weighted by molar-refractivity contribution is 6.30. The zero-order valence-corrected chi connectivity index (χ0v) is 9.13. The molecule has 2 rings (SSSR count). The van der Waals surface area contributed by atoms with Crippen LogP contribution >= 0.6 is 11.6 Å². The molecular formula is C10H5ClN4O2. The maximum Gasteiger partial charge on any atom is 0.269 e. The summed E-state index contributed by atoms with van der Waals surface area (Å²) in [6, 6.07) is 7.61. The van der Waals surface area contributed by atoms with Crippen LogP contribution in [0.2, 0.25) is 5.15 Å². The quantitative estimate of drug-likeness (QED) is 0.603. The van der Waals surface area contributed by atoms with Gasteiger partial charge in [-0.15, -0.1) is 0 Å². The lowest BCUT2D eigenvalue weighted by molar-refractivity contribution is -0.384. The number of hydrogen-bond acceptors (Lipinski definition) is 4. The van der Waals surface area contributed by atoms with E-state index in [1.54, 1.807) is 0 Å². The fourth-order valence-electron chi connectivity index (χ4n) is 1.30. The molecule has 2 aromatic rings. The van der Waals surface area contributed by atoms with E-state index in [1.807, 2.05) is 6.07 Å².